The molecule has 0 spiro atoms. The van der Waals surface area contributed by atoms with Crippen molar-refractivity contribution in [1.29, 1.82) is 0 Å². The largest absolute Gasteiger partial charge is 0.371 e. The van der Waals surface area contributed by atoms with Crippen LogP contribution in [-0.2, 0) is 9.59 Å². The van der Waals surface area contributed by atoms with Crippen LogP contribution in [0.5, 0.6) is 0 Å². The Morgan fingerprint density at radius 3 is 2.38 bits per heavy atom. The molecule has 2 heterocycles. The van der Waals surface area contributed by atoms with E-state index in [-0.39, 0.29) is 11.7 Å². The summed E-state index contributed by atoms with van der Waals surface area (Å²) in [7, 11) is 0. The van der Waals surface area contributed by atoms with Gasteiger partial charge in [0.2, 0.25) is 0 Å². The zero-order chi connectivity index (χ0) is 20.4. The molecule has 1 fully saturated rings. The highest BCUT2D eigenvalue weighted by atomic mass is 16.2. The summed E-state index contributed by atoms with van der Waals surface area (Å²) in [5.74, 6) is 0.443. The lowest BCUT2D eigenvalue weighted by atomic mass is 10.1. The summed E-state index contributed by atoms with van der Waals surface area (Å²) in [4.78, 5) is 27.2. The van der Waals surface area contributed by atoms with Gasteiger partial charge in [-0.05, 0) is 55.7 Å². The minimum atomic E-state index is -0.447. The predicted octanol–water partition coefficient (Wildman–Crippen LogP) is 3.70. The van der Waals surface area contributed by atoms with E-state index in [0.29, 0.717) is 12.1 Å². The van der Waals surface area contributed by atoms with Gasteiger partial charge in [-0.15, -0.1) is 0 Å². The zero-order valence-electron chi connectivity index (χ0n) is 16.8. The highest BCUT2D eigenvalue weighted by Crippen LogP contribution is 2.27. The van der Waals surface area contributed by atoms with Crippen LogP contribution in [0.15, 0.2) is 59.7 Å². The van der Waals surface area contributed by atoms with Crippen LogP contribution in [0.4, 0.5) is 17.1 Å². The maximum Gasteiger partial charge on any atom is 0.271 e. The van der Waals surface area contributed by atoms with Gasteiger partial charge in [-0.3, -0.25) is 14.6 Å². The molecule has 2 aliphatic rings. The molecule has 6 nitrogen and oxygen atoms in total. The van der Waals surface area contributed by atoms with Crippen molar-refractivity contribution in [2.45, 2.75) is 32.7 Å². The minimum Gasteiger partial charge on any atom is -0.371 e. The average Bonchev–Trinajstić information content (AvgIpc) is 3.36. The standard InChI is InChI=1S/C23H26N4O2/c1-16-12-13-26(15-16)19-10-8-18(9-11-19)24-23(29)21-14-22(17(2)28)27(25-21)20-6-4-3-5-7-20/h3-11,16,22H,12-15H2,1-2H3,(H,24,29). The molecule has 0 radical (unpaired) electrons. The summed E-state index contributed by atoms with van der Waals surface area (Å²) in [6, 6.07) is 16.9. The third-order valence-corrected chi connectivity index (χ3v) is 5.58. The summed E-state index contributed by atoms with van der Waals surface area (Å²) in [5, 5.41) is 9.02. The lowest BCUT2D eigenvalue weighted by Gasteiger charge is -2.20. The van der Waals surface area contributed by atoms with Crippen molar-refractivity contribution < 1.29 is 9.59 Å². The summed E-state index contributed by atoms with van der Waals surface area (Å²) >= 11 is 0. The van der Waals surface area contributed by atoms with E-state index < -0.39 is 6.04 Å². The van der Waals surface area contributed by atoms with Gasteiger partial charge < -0.3 is 10.2 Å². The fourth-order valence-corrected chi connectivity index (χ4v) is 3.91. The van der Waals surface area contributed by atoms with Gasteiger partial charge in [0.1, 0.15) is 11.8 Å². The summed E-state index contributed by atoms with van der Waals surface area (Å²) in [6.07, 6.45) is 1.52. The monoisotopic (exact) mass is 390 g/mol. The van der Waals surface area contributed by atoms with Gasteiger partial charge >= 0.3 is 0 Å². The predicted molar refractivity (Wildman–Crippen MR) is 117 cm³/mol. The number of hydrogen-bond acceptors (Lipinski definition) is 5. The number of rotatable bonds is 5. The molecular weight excluding hydrogens is 364 g/mol. The normalized spacial score (nSPS) is 21.2. The molecule has 0 saturated carbocycles. The first-order valence-corrected chi connectivity index (χ1v) is 10.1. The first-order valence-electron chi connectivity index (χ1n) is 10.1. The van der Waals surface area contributed by atoms with Crippen molar-refractivity contribution in [2.24, 2.45) is 11.0 Å². The number of hydrazone groups is 1. The highest BCUT2D eigenvalue weighted by molar-refractivity contribution is 6.44. The van der Waals surface area contributed by atoms with Gasteiger partial charge in [-0.25, -0.2) is 0 Å². The van der Waals surface area contributed by atoms with Crippen molar-refractivity contribution in [1.82, 2.24) is 0 Å². The molecule has 1 N–H and O–H groups in total. The van der Waals surface area contributed by atoms with Crippen molar-refractivity contribution in [3.05, 3.63) is 54.6 Å². The Bertz CT molecular complexity index is 924. The summed E-state index contributed by atoms with van der Waals surface area (Å²) in [5.41, 5.74) is 3.08. The molecule has 0 aromatic heterocycles. The van der Waals surface area contributed by atoms with Crippen LogP contribution < -0.4 is 15.2 Å². The average molecular weight is 390 g/mol. The van der Waals surface area contributed by atoms with Crippen LogP contribution in [-0.4, -0.2) is 36.5 Å². The zero-order valence-corrected chi connectivity index (χ0v) is 16.8. The molecule has 0 bridgehead atoms. The number of anilines is 3. The number of amides is 1. The summed E-state index contributed by atoms with van der Waals surface area (Å²) < 4.78 is 0. The number of nitrogens with one attached hydrogen (secondary N) is 1. The Morgan fingerprint density at radius 1 is 1.03 bits per heavy atom. The van der Waals surface area contributed by atoms with Gasteiger partial charge in [-0.2, -0.15) is 5.10 Å². The SMILES string of the molecule is CC(=O)C1CC(C(=O)Nc2ccc(N3CCC(C)C3)cc2)=NN1c1ccccc1. The van der Waals surface area contributed by atoms with Crippen LogP contribution in [0.2, 0.25) is 0 Å². The Morgan fingerprint density at radius 2 is 1.76 bits per heavy atom. The lowest BCUT2D eigenvalue weighted by Crippen LogP contribution is -2.33. The fourth-order valence-electron chi connectivity index (χ4n) is 3.91. The number of carbonyl (C=O) groups is 2. The van der Waals surface area contributed by atoms with Crippen molar-refractivity contribution >= 4 is 34.5 Å². The third-order valence-electron chi connectivity index (χ3n) is 5.58. The van der Waals surface area contributed by atoms with Crippen LogP contribution in [0.3, 0.4) is 0 Å². The van der Waals surface area contributed by atoms with Crippen LogP contribution in [0.1, 0.15) is 26.7 Å². The molecule has 150 valence electrons. The van der Waals surface area contributed by atoms with Gasteiger partial charge in [0.25, 0.3) is 5.91 Å². The maximum atomic E-state index is 12.8. The second kappa shape index (κ2) is 8.07. The minimum absolute atomic E-state index is 0.00963. The molecule has 4 rings (SSSR count). The molecule has 2 aliphatic heterocycles. The molecule has 2 atom stereocenters. The van der Waals surface area contributed by atoms with Gasteiger partial charge in [-0.1, -0.05) is 25.1 Å². The molecule has 1 saturated heterocycles. The van der Waals surface area contributed by atoms with Gasteiger partial charge in [0, 0.05) is 30.9 Å². The Kier molecular flexibility index (Phi) is 5.34. The molecule has 2 unspecified atom stereocenters. The topological polar surface area (TPSA) is 65.0 Å². The van der Waals surface area contributed by atoms with E-state index in [9.17, 15) is 9.59 Å². The van der Waals surface area contributed by atoms with E-state index in [1.165, 1.54) is 19.0 Å². The second-order valence-corrected chi connectivity index (χ2v) is 7.90. The number of benzene rings is 2. The number of carbonyl (C=O) groups excluding carboxylic acids is 2. The lowest BCUT2D eigenvalue weighted by molar-refractivity contribution is -0.118. The molecular formula is C23H26N4O2. The molecule has 2 aromatic carbocycles. The van der Waals surface area contributed by atoms with E-state index in [4.69, 9.17) is 0 Å². The first kappa shape index (κ1) is 19.2. The van der Waals surface area contributed by atoms with Crippen molar-refractivity contribution in [3.8, 4) is 0 Å². The Labute approximate surface area is 171 Å². The van der Waals surface area contributed by atoms with Gasteiger partial charge in [0.15, 0.2) is 5.78 Å². The van der Waals surface area contributed by atoms with E-state index in [1.54, 1.807) is 5.01 Å². The number of ketones is 1. The third kappa shape index (κ3) is 4.16. The van der Waals surface area contributed by atoms with Gasteiger partial charge in [0.05, 0.1) is 5.69 Å². The summed E-state index contributed by atoms with van der Waals surface area (Å²) in [6.45, 7) is 5.95. The number of nitrogens with zero attached hydrogens (tertiary/aromatic N) is 3. The van der Waals surface area contributed by atoms with E-state index in [1.807, 2.05) is 54.6 Å². The quantitative estimate of drug-likeness (QED) is 0.846. The van der Waals surface area contributed by atoms with Crippen molar-refractivity contribution in [3.63, 3.8) is 0 Å². The van der Waals surface area contributed by atoms with E-state index in [0.717, 1.165) is 30.4 Å². The molecule has 2 aromatic rings. The molecule has 29 heavy (non-hydrogen) atoms. The number of hydrogen-bond donors (Lipinski definition) is 1. The second-order valence-electron chi connectivity index (χ2n) is 7.90. The Balaban J connectivity index is 1.46. The highest BCUT2D eigenvalue weighted by Gasteiger charge is 2.34. The van der Waals surface area contributed by atoms with E-state index >= 15 is 0 Å². The Hall–Kier alpha value is -3.15. The smallest absolute Gasteiger partial charge is 0.271 e. The number of para-hydroxylation sites is 1. The van der Waals surface area contributed by atoms with Crippen LogP contribution >= 0.6 is 0 Å². The van der Waals surface area contributed by atoms with E-state index in [2.05, 4.69) is 22.2 Å². The first-order chi connectivity index (χ1) is 14.0. The van der Waals surface area contributed by atoms with Crippen molar-refractivity contribution in [2.75, 3.05) is 28.3 Å². The number of Topliss-reactive ketones (excluding diaryl/α,β-unsaturated/α-hetero) is 1. The maximum absolute atomic E-state index is 12.8. The molecule has 6 heteroatoms. The van der Waals surface area contributed by atoms with Crippen LogP contribution in [0, 0.1) is 5.92 Å². The fraction of sp³-hybridized carbons (Fsp3) is 0.348. The molecule has 1 amide bonds. The molecule has 0 aliphatic carbocycles. The van der Waals surface area contributed by atoms with Crippen LogP contribution in [0.25, 0.3) is 0 Å².